The lowest BCUT2D eigenvalue weighted by atomic mass is 10.1. The highest BCUT2D eigenvalue weighted by Crippen LogP contribution is 2.10. The average molecular weight is 256 g/mol. The maximum Gasteiger partial charge on any atom is 0.0699 e. The molecule has 1 heterocycles. The fraction of sp³-hybridized carbons (Fsp3) is 1.00. The van der Waals surface area contributed by atoms with E-state index in [0.29, 0.717) is 12.1 Å². The molecule has 0 aromatic heterocycles. The lowest BCUT2D eigenvalue weighted by Crippen LogP contribution is -2.32. The molecular formula is C15H32N2O. The van der Waals surface area contributed by atoms with Crippen LogP contribution >= 0.6 is 0 Å². The number of rotatable bonds is 8. The molecule has 18 heavy (non-hydrogen) atoms. The number of nitrogens with one attached hydrogen (secondary N) is 1. The van der Waals surface area contributed by atoms with E-state index in [2.05, 4.69) is 31.0 Å². The molecular weight excluding hydrogens is 224 g/mol. The number of hydrogen-bond acceptors (Lipinski definition) is 3. The lowest BCUT2D eigenvalue weighted by Gasteiger charge is -2.23. The van der Waals surface area contributed by atoms with Gasteiger partial charge >= 0.3 is 0 Å². The number of nitrogens with zero attached hydrogens (tertiary/aromatic N) is 1. The zero-order chi connectivity index (χ0) is 13.2. The largest absolute Gasteiger partial charge is 0.377 e. The SMILES string of the molecule is CCNC(C)CCCCN1CCCOC(CC)C1. The molecule has 2 unspecified atom stereocenters. The second kappa shape index (κ2) is 9.76. The molecule has 1 aliphatic rings. The van der Waals surface area contributed by atoms with E-state index in [1.165, 1.54) is 38.8 Å². The van der Waals surface area contributed by atoms with Crippen LogP contribution in [0.4, 0.5) is 0 Å². The molecule has 1 saturated heterocycles. The van der Waals surface area contributed by atoms with Crippen LogP contribution in [0.1, 0.15) is 52.9 Å². The monoisotopic (exact) mass is 256 g/mol. The van der Waals surface area contributed by atoms with E-state index in [9.17, 15) is 0 Å². The molecule has 0 radical (unpaired) electrons. The summed E-state index contributed by atoms with van der Waals surface area (Å²) < 4.78 is 5.81. The molecule has 1 fully saturated rings. The Kier molecular flexibility index (Phi) is 8.64. The Morgan fingerprint density at radius 1 is 1.33 bits per heavy atom. The van der Waals surface area contributed by atoms with Crippen LogP contribution in [-0.2, 0) is 4.74 Å². The third-order valence-corrected chi connectivity index (χ3v) is 3.80. The van der Waals surface area contributed by atoms with Crippen molar-refractivity contribution in [3.8, 4) is 0 Å². The standard InChI is InChI=1S/C15H32N2O/c1-4-15-13-17(11-8-12-18-15)10-7-6-9-14(3)16-5-2/h14-16H,4-13H2,1-3H3. The van der Waals surface area contributed by atoms with Gasteiger partial charge in [0.15, 0.2) is 0 Å². The van der Waals surface area contributed by atoms with E-state index >= 15 is 0 Å². The third kappa shape index (κ3) is 6.72. The summed E-state index contributed by atoms with van der Waals surface area (Å²) in [4.78, 5) is 2.60. The molecule has 108 valence electrons. The van der Waals surface area contributed by atoms with Gasteiger partial charge in [-0.05, 0) is 45.7 Å². The smallest absolute Gasteiger partial charge is 0.0699 e. The maximum atomic E-state index is 5.81. The van der Waals surface area contributed by atoms with Crippen LogP contribution in [0.3, 0.4) is 0 Å². The normalized spacial score (nSPS) is 23.8. The van der Waals surface area contributed by atoms with Gasteiger partial charge in [-0.2, -0.15) is 0 Å². The molecule has 0 aromatic rings. The van der Waals surface area contributed by atoms with Gasteiger partial charge in [0.05, 0.1) is 6.10 Å². The zero-order valence-electron chi connectivity index (χ0n) is 12.6. The van der Waals surface area contributed by atoms with Gasteiger partial charge in [-0.15, -0.1) is 0 Å². The Hall–Kier alpha value is -0.120. The van der Waals surface area contributed by atoms with Gasteiger partial charge in [0.25, 0.3) is 0 Å². The molecule has 0 saturated carbocycles. The summed E-state index contributed by atoms with van der Waals surface area (Å²) in [5.41, 5.74) is 0. The van der Waals surface area contributed by atoms with Crippen LogP contribution in [0.5, 0.6) is 0 Å². The minimum Gasteiger partial charge on any atom is -0.377 e. The molecule has 0 amide bonds. The Morgan fingerprint density at radius 3 is 2.89 bits per heavy atom. The Balaban J connectivity index is 2.10. The quantitative estimate of drug-likeness (QED) is 0.676. The highest BCUT2D eigenvalue weighted by molar-refractivity contribution is 4.69. The van der Waals surface area contributed by atoms with E-state index in [-0.39, 0.29) is 0 Å². The number of hydrogen-bond donors (Lipinski definition) is 1. The summed E-state index contributed by atoms with van der Waals surface area (Å²) in [7, 11) is 0. The van der Waals surface area contributed by atoms with Crippen molar-refractivity contribution in [1.82, 2.24) is 10.2 Å². The van der Waals surface area contributed by atoms with Gasteiger partial charge in [-0.1, -0.05) is 20.3 Å². The van der Waals surface area contributed by atoms with Gasteiger partial charge in [-0.3, -0.25) is 0 Å². The first-order valence-electron chi connectivity index (χ1n) is 7.83. The summed E-state index contributed by atoms with van der Waals surface area (Å²) >= 11 is 0. The summed E-state index contributed by atoms with van der Waals surface area (Å²) in [6.07, 6.45) is 6.77. The van der Waals surface area contributed by atoms with Crippen molar-refractivity contribution >= 4 is 0 Å². The molecule has 0 aliphatic carbocycles. The molecule has 3 heteroatoms. The number of unbranched alkanes of at least 4 members (excludes halogenated alkanes) is 1. The van der Waals surface area contributed by atoms with Crippen LogP contribution in [0, 0.1) is 0 Å². The van der Waals surface area contributed by atoms with Crippen molar-refractivity contribution in [2.24, 2.45) is 0 Å². The van der Waals surface area contributed by atoms with Gasteiger partial charge < -0.3 is 15.0 Å². The van der Waals surface area contributed by atoms with Crippen LogP contribution in [0.2, 0.25) is 0 Å². The van der Waals surface area contributed by atoms with Crippen molar-refractivity contribution in [2.75, 3.05) is 32.8 Å². The molecule has 1 aliphatic heterocycles. The fourth-order valence-electron chi connectivity index (χ4n) is 2.66. The molecule has 3 nitrogen and oxygen atoms in total. The van der Waals surface area contributed by atoms with Crippen molar-refractivity contribution in [2.45, 2.75) is 65.0 Å². The van der Waals surface area contributed by atoms with Crippen molar-refractivity contribution in [1.29, 1.82) is 0 Å². The molecule has 2 atom stereocenters. The highest BCUT2D eigenvalue weighted by Gasteiger charge is 2.16. The minimum atomic E-state index is 0.466. The van der Waals surface area contributed by atoms with Crippen molar-refractivity contribution in [3.05, 3.63) is 0 Å². The average Bonchev–Trinajstić information content (AvgIpc) is 2.60. The molecule has 0 aromatic carbocycles. The zero-order valence-corrected chi connectivity index (χ0v) is 12.6. The Morgan fingerprint density at radius 2 is 2.17 bits per heavy atom. The minimum absolute atomic E-state index is 0.466. The van der Waals surface area contributed by atoms with E-state index in [0.717, 1.165) is 26.1 Å². The van der Waals surface area contributed by atoms with Gasteiger partial charge in [0.1, 0.15) is 0 Å². The van der Waals surface area contributed by atoms with E-state index in [4.69, 9.17) is 4.74 Å². The summed E-state index contributed by atoms with van der Waals surface area (Å²) in [6, 6.07) is 0.672. The highest BCUT2D eigenvalue weighted by atomic mass is 16.5. The third-order valence-electron chi connectivity index (χ3n) is 3.80. The predicted molar refractivity (Wildman–Crippen MR) is 78.1 cm³/mol. The first-order valence-corrected chi connectivity index (χ1v) is 7.83. The van der Waals surface area contributed by atoms with Crippen LogP contribution in [0.15, 0.2) is 0 Å². The van der Waals surface area contributed by atoms with E-state index in [1.807, 2.05) is 0 Å². The van der Waals surface area contributed by atoms with E-state index in [1.54, 1.807) is 0 Å². The van der Waals surface area contributed by atoms with Gasteiger partial charge in [-0.25, -0.2) is 0 Å². The Labute approximate surface area is 113 Å². The summed E-state index contributed by atoms with van der Waals surface area (Å²) in [6.45, 7) is 12.3. The first-order chi connectivity index (χ1) is 8.76. The maximum absolute atomic E-state index is 5.81. The summed E-state index contributed by atoms with van der Waals surface area (Å²) in [5.74, 6) is 0. The fourth-order valence-corrected chi connectivity index (χ4v) is 2.66. The molecule has 0 spiro atoms. The van der Waals surface area contributed by atoms with Gasteiger partial charge in [0, 0.05) is 25.7 Å². The number of ether oxygens (including phenoxy) is 1. The van der Waals surface area contributed by atoms with Crippen LogP contribution in [0.25, 0.3) is 0 Å². The van der Waals surface area contributed by atoms with E-state index < -0.39 is 0 Å². The van der Waals surface area contributed by atoms with Crippen molar-refractivity contribution < 1.29 is 4.74 Å². The first kappa shape index (κ1) is 15.9. The molecule has 0 bridgehead atoms. The predicted octanol–water partition coefficient (Wildman–Crippen LogP) is 2.66. The van der Waals surface area contributed by atoms with Crippen molar-refractivity contribution in [3.63, 3.8) is 0 Å². The molecule has 1 rings (SSSR count). The van der Waals surface area contributed by atoms with Crippen LogP contribution in [-0.4, -0.2) is 49.8 Å². The Bertz CT molecular complexity index is 199. The lowest BCUT2D eigenvalue weighted by molar-refractivity contribution is 0.0517. The topological polar surface area (TPSA) is 24.5 Å². The summed E-state index contributed by atoms with van der Waals surface area (Å²) in [5, 5.41) is 3.48. The second-order valence-electron chi connectivity index (χ2n) is 5.51. The molecule has 1 N–H and O–H groups in total. The van der Waals surface area contributed by atoms with Crippen LogP contribution < -0.4 is 5.32 Å². The van der Waals surface area contributed by atoms with Gasteiger partial charge in [0.2, 0.25) is 0 Å². The second-order valence-corrected chi connectivity index (χ2v) is 5.51.